The third kappa shape index (κ3) is 5.29. The van der Waals surface area contributed by atoms with E-state index in [1.165, 1.54) is 6.07 Å². The molecule has 23 heavy (non-hydrogen) atoms. The normalized spacial score (nSPS) is 10.2. The maximum absolute atomic E-state index is 13.2. The van der Waals surface area contributed by atoms with Gasteiger partial charge in [0.15, 0.2) is 0 Å². The molecule has 122 valence electrons. The Morgan fingerprint density at radius 1 is 1.13 bits per heavy atom. The Morgan fingerprint density at radius 3 is 2.57 bits per heavy atom. The number of halogens is 1. The molecule has 2 N–H and O–H groups in total. The van der Waals surface area contributed by atoms with Gasteiger partial charge in [0.25, 0.3) is 0 Å². The predicted molar refractivity (Wildman–Crippen MR) is 91.1 cm³/mol. The summed E-state index contributed by atoms with van der Waals surface area (Å²) in [5.74, 6) is -0.234. The molecule has 0 fully saturated rings. The largest absolute Gasteiger partial charge is 0.373 e. The van der Waals surface area contributed by atoms with E-state index in [0.717, 1.165) is 11.3 Å². The summed E-state index contributed by atoms with van der Waals surface area (Å²) >= 11 is 0. The quantitative estimate of drug-likeness (QED) is 0.860. The van der Waals surface area contributed by atoms with Crippen molar-refractivity contribution in [3.05, 3.63) is 65.5 Å². The van der Waals surface area contributed by atoms with Gasteiger partial charge in [-0.1, -0.05) is 30.3 Å². The number of benzene rings is 2. The van der Waals surface area contributed by atoms with Gasteiger partial charge in [-0.05, 0) is 36.2 Å². The van der Waals surface area contributed by atoms with Crippen LogP contribution in [0.15, 0.2) is 48.5 Å². The molecular weight excluding hydrogens is 293 g/mol. The summed E-state index contributed by atoms with van der Waals surface area (Å²) < 4.78 is 13.2. The van der Waals surface area contributed by atoms with Gasteiger partial charge in [0, 0.05) is 32.4 Å². The van der Waals surface area contributed by atoms with E-state index in [1.807, 2.05) is 37.4 Å². The highest BCUT2D eigenvalue weighted by Gasteiger charge is 2.04. The molecule has 0 aliphatic carbocycles. The first kappa shape index (κ1) is 16.8. The Morgan fingerprint density at radius 2 is 1.87 bits per heavy atom. The zero-order valence-corrected chi connectivity index (χ0v) is 13.5. The number of carbonyl (C=O) groups is 1. The number of carbonyl (C=O) groups excluding carboxylic acids is 1. The van der Waals surface area contributed by atoms with Gasteiger partial charge >= 0.3 is 6.03 Å². The Balaban J connectivity index is 1.70. The number of amides is 2. The molecule has 0 saturated carbocycles. The lowest BCUT2D eigenvalue weighted by Crippen LogP contribution is -2.39. The molecule has 0 spiro atoms. The number of rotatable bonds is 6. The molecule has 2 aromatic carbocycles. The molecule has 2 rings (SSSR count). The average Bonchev–Trinajstić information content (AvgIpc) is 2.56. The number of hydrogen-bond donors (Lipinski definition) is 2. The third-order valence-electron chi connectivity index (χ3n) is 3.61. The van der Waals surface area contributed by atoms with Crippen molar-refractivity contribution < 1.29 is 9.18 Å². The van der Waals surface area contributed by atoms with Crippen LogP contribution >= 0.6 is 0 Å². The number of nitrogens with zero attached hydrogens (tertiary/aromatic N) is 1. The van der Waals surface area contributed by atoms with E-state index >= 15 is 0 Å². The van der Waals surface area contributed by atoms with Crippen LogP contribution in [-0.4, -0.2) is 26.2 Å². The molecule has 0 aliphatic heterocycles. The van der Waals surface area contributed by atoms with Gasteiger partial charge in [-0.2, -0.15) is 0 Å². The lowest BCUT2D eigenvalue weighted by atomic mass is 10.1. The third-order valence-corrected chi connectivity index (χ3v) is 3.61. The SMILES string of the molecule is Cc1cc(CNC(=O)NCCN(C)c2ccccc2)ccc1F. The smallest absolute Gasteiger partial charge is 0.315 e. The average molecular weight is 315 g/mol. The van der Waals surface area contributed by atoms with Crippen LogP contribution in [0.1, 0.15) is 11.1 Å². The highest BCUT2D eigenvalue weighted by Crippen LogP contribution is 2.10. The molecular formula is C18H22FN3O. The summed E-state index contributed by atoms with van der Waals surface area (Å²) in [6, 6.07) is 14.6. The van der Waals surface area contributed by atoms with Crippen molar-refractivity contribution >= 4 is 11.7 Å². The van der Waals surface area contributed by atoms with Gasteiger partial charge in [-0.15, -0.1) is 0 Å². The van der Waals surface area contributed by atoms with E-state index in [9.17, 15) is 9.18 Å². The summed E-state index contributed by atoms with van der Waals surface area (Å²) in [6.45, 7) is 3.34. The molecule has 0 radical (unpaired) electrons. The van der Waals surface area contributed by atoms with Crippen molar-refractivity contribution in [2.45, 2.75) is 13.5 Å². The second-order valence-electron chi connectivity index (χ2n) is 5.45. The summed E-state index contributed by atoms with van der Waals surface area (Å²) in [7, 11) is 1.98. The van der Waals surface area contributed by atoms with E-state index < -0.39 is 0 Å². The van der Waals surface area contributed by atoms with Crippen LogP contribution in [0.4, 0.5) is 14.9 Å². The van der Waals surface area contributed by atoms with Crippen molar-refractivity contribution in [3.63, 3.8) is 0 Å². The fourth-order valence-electron chi connectivity index (χ4n) is 2.21. The molecule has 0 aliphatic rings. The number of likely N-dealkylation sites (N-methyl/N-ethyl adjacent to an activating group) is 1. The minimum Gasteiger partial charge on any atom is -0.373 e. The Hall–Kier alpha value is -2.56. The second-order valence-corrected chi connectivity index (χ2v) is 5.45. The molecule has 2 amide bonds. The fraction of sp³-hybridized carbons (Fsp3) is 0.278. The summed E-state index contributed by atoms with van der Waals surface area (Å²) in [6.07, 6.45) is 0. The van der Waals surface area contributed by atoms with Crippen LogP contribution in [0.3, 0.4) is 0 Å². The van der Waals surface area contributed by atoms with E-state index in [0.29, 0.717) is 25.2 Å². The molecule has 0 unspecified atom stereocenters. The van der Waals surface area contributed by atoms with Gasteiger partial charge in [0.2, 0.25) is 0 Å². The van der Waals surface area contributed by atoms with Crippen molar-refractivity contribution in [1.82, 2.24) is 10.6 Å². The Bertz CT molecular complexity index is 646. The zero-order chi connectivity index (χ0) is 16.7. The first-order chi connectivity index (χ1) is 11.1. The molecule has 2 aromatic rings. The topological polar surface area (TPSA) is 44.4 Å². The number of para-hydroxylation sites is 1. The van der Waals surface area contributed by atoms with Crippen molar-refractivity contribution in [1.29, 1.82) is 0 Å². The van der Waals surface area contributed by atoms with Gasteiger partial charge in [0.1, 0.15) is 5.82 Å². The van der Waals surface area contributed by atoms with E-state index in [-0.39, 0.29) is 11.8 Å². The van der Waals surface area contributed by atoms with E-state index in [2.05, 4.69) is 15.5 Å². The van der Waals surface area contributed by atoms with Crippen LogP contribution in [0.25, 0.3) is 0 Å². The minimum atomic E-state index is -0.234. The van der Waals surface area contributed by atoms with Crippen molar-refractivity contribution in [3.8, 4) is 0 Å². The first-order valence-electron chi connectivity index (χ1n) is 7.59. The molecule has 0 atom stereocenters. The number of nitrogens with one attached hydrogen (secondary N) is 2. The van der Waals surface area contributed by atoms with Crippen molar-refractivity contribution in [2.24, 2.45) is 0 Å². The van der Waals surface area contributed by atoms with Crippen LogP contribution in [-0.2, 0) is 6.54 Å². The lowest BCUT2D eigenvalue weighted by Gasteiger charge is -2.19. The van der Waals surface area contributed by atoms with Crippen molar-refractivity contribution in [2.75, 3.05) is 25.0 Å². The highest BCUT2D eigenvalue weighted by atomic mass is 19.1. The number of hydrogen-bond acceptors (Lipinski definition) is 2. The van der Waals surface area contributed by atoms with E-state index in [1.54, 1.807) is 19.1 Å². The molecule has 0 saturated heterocycles. The van der Waals surface area contributed by atoms with Gasteiger partial charge in [-0.3, -0.25) is 0 Å². The van der Waals surface area contributed by atoms with Gasteiger partial charge < -0.3 is 15.5 Å². The number of aryl methyl sites for hydroxylation is 1. The molecule has 0 heterocycles. The predicted octanol–water partition coefficient (Wildman–Crippen LogP) is 3.07. The van der Waals surface area contributed by atoms with E-state index in [4.69, 9.17) is 0 Å². The minimum absolute atomic E-state index is 0.228. The van der Waals surface area contributed by atoms with Crippen LogP contribution < -0.4 is 15.5 Å². The highest BCUT2D eigenvalue weighted by molar-refractivity contribution is 5.73. The van der Waals surface area contributed by atoms with Crippen LogP contribution in [0.5, 0.6) is 0 Å². The zero-order valence-electron chi connectivity index (χ0n) is 13.5. The Labute approximate surface area is 136 Å². The summed E-state index contributed by atoms with van der Waals surface area (Å²) in [5.41, 5.74) is 2.56. The van der Waals surface area contributed by atoms with Crippen LogP contribution in [0, 0.1) is 12.7 Å². The lowest BCUT2D eigenvalue weighted by molar-refractivity contribution is 0.241. The second kappa shape index (κ2) is 8.17. The molecule has 5 heteroatoms. The molecule has 4 nitrogen and oxygen atoms in total. The standard InChI is InChI=1S/C18H22FN3O/c1-14-12-15(8-9-17(14)19)13-21-18(23)20-10-11-22(2)16-6-4-3-5-7-16/h3-9,12H,10-11,13H2,1-2H3,(H2,20,21,23). The first-order valence-corrected chi connectivity index (χ1v) is 7.59. The monoisotopic (exact) mass is 315 g/mol. The Kier molecular flexibility index (Phi) is 5.97. The maximum atomic E-state index is 13.2. The summed E-state index contributed by atoms with van der Waals surface area (Å²) in [4.78, 5) is 13.8. The molecule has 0 bridgehead atoms. The fourth-order valence-corrected chi connectivity index (χ4v) is 2.21. The molecule has 0 aromatic heterocycles. The number of anilines is 1. The summed E-state index contributed by atoms with van der Waals surface area (Å²) in [5, 5.41) is 5.58. The van der Waals surface area contributed by atoms with Gasteiger partial charge in [0.05, 0.1) is 0 Å². The van der Waals surface area contributed by atoms with Gasteiger partial charge in [-0.25, -0.2) is 9.18 Å². The van der Waals surface area contributed by atoms with Crippen LogP contribution in [0.2, 0.25) is 0 Å². The maximum Gasteiger partial charge on any atom is 0.315 e. The number of urea groups is 1.